The number of anilines is 1. The van der Waals surface area contributed by atoms with Crippen molar-refractivity contribution in [2.45, 2.75) is 0 Å². The summed E-state index contributed by atoms with van der Waals surface area (Å²) in [6.45, 7) is 0. The SMILES string of the molecule is S=C(N/N=C/c1ccc[nH]1)NNC(=S)Nc1ccccc1. The zero-order valence-corrected chi connectivity index (χ0v) is 12.6. The summed E-state index contributed by atoms with van der Waals surface area (Å²) in [7, 11) is 0. The molecule has 0 unspecified atom stereocenters. The first-order chi connectivity index (χ1) is 10.2. The molecule has 21 heavy (non-hydrogen) atoms. The Labute approximate surface area is 133 Å². The molecule has 6 nitrogen and oxygen atoms in total. The van der Waals surface area contributed by atoms with Crippen LogP contribution in [0.3, 0.4) is 0 Å². The second kappa shape index (κ2) is 7.98. The van der Waals surface area contributed by atoms with Crippen LogP contribution in [0.4, 0.5) is 5.69 Å². The van der Waals surface area contributed by atoms with Gasteiger partial charge in [-0.3, -0.25) is 16.3 Å². The number of hydrogen-bond acceptors (Lipinski definition) is 3. The molecule has 2 rings (SSSR count). The third-order valence-electron chi connectivity index (χ3n) is 2.31. The molecule has 0 atom stereocenters. The lowest BCUT2D eigenvalue weighted by Crippen LogP contribution is -2.47. The van der Waals surface area contributed by atoms with Gasteiger partial charge >= 0.3 is 0 Å². The fourth-order valence-electron chi connectivity index (χ4n) is 1.41. The van der Waals surface area contributed by atoms with E-state index in [9.17, 15) is 0 Å². The Bertz CT molecular complexity index is 609. The second-order valence-electron chi connectivity index (χ2n) is 3.89. The molecule has 8 heteroatoms. The Balaban J connectivity index is 1.68. The maximum absolute atomic E-state index is 5.12. The normalized spacial score (nSPS) is 10.1. The summed E-state index contributed by atoms with van der Waals surface area (Å²) in [5.74, 6) is 0. The molecule has 0 saturated carbocycles. The average Bonchev–Trinajstić information content (AvgIpc) is 2.99. The molecule has 5 N–H and O–H groups in total. The van der Waals surface area contributed by atoms with Crippen molar-refractivity contribution in [2.24, 2.45) is 5.10 Å². The van der Waals surface area contributed by atoms with E-state index in [2.05, 4.69) is 31.7 Å². The predicted molar refractivity (Wildman–Crippen MR) is 93.1 cm³/mol. The van der Waals surface area contributed by atoms with Crippen molar-refractivity contribution >= 4 is 46.6 Å². The summed E-state index contributed by atoms with van der Waals surface area (Å²) in [4.78, 5) is 2.99. The average molecular weight is 318 g/mol. The van der Waals surface area contributed by atoms with Crippen LogP contribution in [0.2, 0.25) is 0 Å². The highest BCUT2D eigenvalue weighted by molar-refractivity contribution is 7.80. The van der Waals surface area contributed by atoms with E-state index in [1.165, 1.54) is 0 Å². The number of nitrogens with one attached hydrogen (secondary N) is 5. The second-order valence-corrected chi connectivity index (χ2v) is 4.71. The molecule has 108 valence electrons. The number of H-pyrrole nitrogens is 1. The maximum atomic E-state index is 5.12. The van der Waals surface area contributed by atoms with E-state index in [-0.39, 0.29) is 0 Å². The molecule has 0 saturated heterocycles. The van der Waals surface area contributed by atoms with Gasteiger partial charge in [-0.1, -0.05) is 18.2 Å². The fourth-order valence-corrected chi connectivity index (χ4v) is 1.68. The number of para-hydroxylation sites is 1. The summed E-state index contributed by atoms with van der Waals surface area (Å²) >= 11 is 10.2. The number of aromatic nitrogens is 1. The number of thiocarbonyl (C=S) groups is 2. The maximum Gasteiger partial charge on any atom is 0.205 e. The highest BCUT2D eigenvalue weighted by Crippen LogP contribution is 2.03. The van der Waals surface area contributed by atoms with Crippen LogP contribution in [0.25, 0.3) is 0 Å². The van der Waals surface area contributed by atoms with Gasteiger partial charge in [-0.25, -0.2) is 0 Å². The van der Waals surface area contributed by atoms with E-state index in [0.29, 0.717) is 10.2 Å². The minimum atomic E-state index is 0.301. The molecule has 0 aliphatic carbocycles. The zero-order valence-electron chi connectivity index (χ0n) is 11.0. The summed E-state index contributed by atoms with van der Waals surface area (Å²) in [6.07, 6.45) is 3.43. The van der Waals surface area contributed by atoms with E-state index < -0.39 is 0 Å². The third kappa shape index (κ3) is 5.59. The Morgan fingerprint density at radius 1 is 1.00 bits per heavy atom. The number of benzene rings is 1. The van der Waals surface area contributed by atoms with Crippen LogP contribution in [0.1, 0.15) is 5.69 Å². The number of hydrogen-bond donors (Lipinski definition) is 5. The first-order valence-electron chi connectivity index (χ1n) is 6.08. The van der Waals surface area contributed by atoms with Crippen LogP contribution in [0, 0.1) is 0 Å². The third-order valence-corrected chi connectivity index (χ3v) is 2.71. The van der Waals surface area contributed by atoms with Crippen molar-refractivity contribution in [1.82, 2.24) is 21.3 Å². The van der Waals surface area contributed by atoms with Gasteiger partial charge in [0, 0.05) is 11.9 Å². The van der Waals surface area contributed by atoms with Crippen molar-refractivity contribution in [1.29, 1.82) is 0 Å². The molecule has 1 heterocycles. The van der Waals surface area contributed by atoms with Crippen LogP contribution in [-0.4, -0.2) is 21.4 Å². The summed E-state index contributed by atoms with van der Waals surface area (Å²) in [5, 5.41) is 7.67. The molecule has 0 aliphatic rings. The Morgan fingerprint density at radius 3 is 2.48 bits per heavy atom. The largest absolute Gasteiger partial charge is 0.360 e. The standard InChI is InChI=1S/C13H14N6S2/c20-12(16-10-5-2-1-3-6-10)18-19-13(21)17-15-9-11-7-4-8-14-11/h1-9,14H,(H2,16,18,20)(H2,17,19,21)/b15-9+. The molecule has 0 spiro atoms. The lowest BCUT2D eigenvalue weighted by molar-refractivity contribution is 0.836. The smallest absolute Gasteiger partial charge is 0.205 e. The lowest BCUT2D eigenvalue weighted by atomic mass is 10.3. The summed E-state index contributed by atoms with van der Waals surface area (Å²) in [5.41, 5.74) is 9.91. The molecule has 2 aromatic rings. The number of hydrazone groups is 1. The quantitative estimate of drug-likeness (QED) is 0.337. The van der Waals surface area contributed by atoms with Gasteiger partial charge in [0.2, 0.25) is 5.11 Å². The van der Waals surface area contributed by atoms with Crippen LogP contribution in [0.5, 0.6) is 0 Å². The van der Waals surface area contributed by atoms with E-state index in [4.69, 9.17) is 24.4 Å². The van der Waals surface area contributed by atoms with Gasteiger partial charge in [-0.15, -0.1) is 0 Å². The minimum Gasteiger partial charge on any atom is -0.360 e. The van der Waals surface area contributed by atoms with Gasteiger partial charge in [-0.05, 0) is 48.7 Å². The van der Waals surface area contributed by atoms with Crippen LogP contribution < -0.4 is 21.6 Å². The first-order valence-corrected chi connectivity index (χ1v) is 6.90. The predicted octanol–water partition coefficient (Wildman–Crippen LogP) is 1.71. The monoisotopic (exact) mass is 318 g/mol. The van der Waals surface area contributed by atoms with Crippen LogP contribution in [-0.2, 0) is 0 Å². The van der Waals surface area contributed by atoms with Crippen LogP contribution in [0.15, 0.2) is 53.8 Å². The van der Waals surface area contributed by atoms with Crippen molar-refractivity contribution in [2.75, 3.05) is 5.32 Å². The van der Waals surface area contributed by atoms with Crippen molar-refractivity contribution in [3.05, 3.63) is 54.4 Å². The fraction of sp³-hybridized carbons (Fsp3) is 0. The van der Waals surface area contributed by atoms with Gasteiger partial charge in [0.25, 0.3) is 0 Å². The lowest BCUT2D eigenvalue weighted by Gasteiger charge is -2.12. The molecule has 0 amide bonds. The van der Waals surface area contributed by atoms with E-state index >= 15 is 0 Å². The highest BCUT2D eigenvalue weighted by atomic mass is 32.1. The summed E-state index contributed by atoms with van der Waals surface area (Å²) in [6, 6.07) is 13.4. The molecule has 0 radical (unpaired) electrons. The van der Waals surface area contributed by atoms with Gasteiger partial charge in [0.1, 0.15) is 0 Å². The van der Waals surface area contributed by atoms with E-state index in [0.717, 1.165) is 11.4 Å². The Morgan fingerprint density at radius 2 is 1.76 bits per heavy atom. The number of rotatable bonds is 3. The first kappa shape index (κ1) is 14.9. The van der Waals surface area contributed by atoms with Gasteiger partial charge in [0.15, 0.2) is 5.11 Å². The Kier molecular flexibility index (Phi) is 5.68. The van der Waals surface area contributed by atoms with Crippen molar-refractivity contribution in [3.8, 4) is 0 Å². The zero-order chi connectivity index (χ0) is 14.9. The van der Waals surface area contributed by atoms with Gasteiger partial charge < -0.3 is 10.3 Å². The minimum absolute atomic E-state index is 0.301. The Hall–Kier alpha value is -2.45. The molecular formula is C13H14N6S2. The molecule has 0 fully saturated rings. The van der Waals surface area contributed by atoms with Gasteiger partial charge in [-0.2, -0.15) is 5.10 Å². The molecule has 1 aromatic heterocycles. The molecule has 0 aliphatic heterocycles. The van der Waals surface area contributed by atoms with Crippen LogP contribution >= 0.6 is 24.4 Å². The highest BCUT2D eigenvalue weighted by Gasteiger charge is 1.97. The van der Waals surface area contributed by atoms with Crippen molar-refractivity contribution in [3.63, 3.8) is 0 Å². The molecule has 0 bridgehead atoms. The van der Waals surface area contributed by atoms with Gasteiger partial charge in [0.05, 0.1) is 11.9 Å². The van der Waals surface area contributed by atoms with E-state index in [1.807, 2.05) is 48.7 Å². The number of aromatic amines is 1. The molecule has 1 aromatic carbocycles. The van der Waals surface area contributed by atoms with E-state index in [1.54, 1.807) is 6.21 Å². The summed E-state index contributed by atoms with van der Waals surface area (Å²) < 4.78 is 0. The number of hydrazine groups is 1. The molecular weight excluding hydrogens is 304 g/mol. The number of nitrogens with zero attached hydrogens (tertiary/aromatic N) is 1. The topological polar surface area (TPSA) is 76.3 Å². The van der Waals surface area contributed by atoms with Crippen molar-refractivity contribution < 1.29 is 0 Å².